The van der Waals surface area contributed by atoms with Crippen LogP contribution in [0.25, 0.3) is 10.2 Å². The van der Waals surface area contributed by atoms with Crippen molar-refractivity contribution in [3.63, 3.8) is 0 Å². The molecule has 1 aliphatic rings. The smallest absolute Gasteiger partial charge is 0.350 e. The number of para-hydroxylation sites is 1. The Balaban J connectivity index is 1.93. The Bertz CT molecular complexity index is 1580. The van der Waals surface area contributed by atoms with Gasteiger partial charge >= 0.3 is 13.3 Å². The molecule has 222 valence electrons. The summed E-state index contributed by atoms with van der Waals surface area (Å²) in [5.74, 6) is 6.56. The van der Waals surface area contributed by atoms with Crippen LogP contribution in [0.4, 0.5) is 0 Å². The summed E-state index contributed by atoms with van der Waals surface area (Å²) in [6.45, 7) is 8.35. The average molecular weight is 605 g/mol. The number of aryl methyl sites for hydroxylation is 1. The fourth-order valence-electron chi connectivity index (χ4n) is 4.96. The summed E-state index contributed by atoms with van der Waals surface area (Å²) in [4.78, 5) is 29.1. The van der Waals surface area contributed by atoms with E-state index in [9.17, 15) is 14.2 Å². The van der Waals surface area contributed by atoms with Gasteiger partial charge < -0.3 is 23.3 Å². The molecule has 3 aromatic rings. The first kappa shape index (κ1) is 31.2. The van der Waals surface area contributed by atoms with Crippen LogP contribution in [0.15, 0.2) is 33.9 Å². The summed E-state index contributed by atoms with van der Waals surface area (Å²) in [5.41, 5.74) is 0.247. The van der Waals surface area contributed by atoms with E-state index in [0.29, 0.717) is 39.6 Å². The second kappa shape index (κ2) is 14.0. The van der Waals surface area contributed by atoms with Crippen LogP contribution in [-0.4, -0.2) is 48.8 Å². The number of benzene rings is 1. The monoisotopic (exact) mass is 604 g/mol. The first-order valence-corrected chi connectivity index (χ1v) is 16.2. The van der Waals surface area contributed by atoms with E-state index in [1.54, 1.807) is 34.8 Å². The zero-order valence-electron chi connectivity index (χ0n) is 24.1. The Hall–Kier alpha value is -2.71. The van der Waals surface area contributed by atoms with Gasteiger partial charge in [0.05, 0.1) is 43.2 Å². The Morgan fingerprint density at radius 2 is 1.80 bits per heavy atom. The highest BCUT2D eigenvalue weighted by Gasteiger charge is 2.31. The van der Waals surface area contributed by atoms with Crippen LogP contribution in [0.3, 0.4) is 0 Å². The number of thiophene rings is 1. The molecule has 0 amide bonds. The van der Waals surface area contributed by atoms with E-state index in [4.69, 9.17) is 23.3 Å². The molecule has 1 atom stereocenters. The Morgan fingerprint density at radius 1 is 1.12 bits per heavy atom. The number of ether oxygens (including phenoxy) is 3. The van der Waals surface area contributed by atoms with Gasteiger partial charge in [0, 0.05) is 18.8 Å². The Kier molecular flexibility index (Phi) is 10.6. The number of rotatable bonds is 12. The molecule has 3 heterocycles. The van der Waals surface area contributed by atoms with Gasteiger partial charge in [0.1, 0.15) is 23.0 Å². The zero-order chi connectivity index (χ0) is 29.6. The number of methoxy groups -OCH3 is 1. The van der Waals surface area contributed by atoms with Crippen molar-refractivity contribution in [1.29, 1.82) is 0 Å². The number of hydrogen-bond donors (Lipinski definition) is 0. The molecule has 1 fully saturated rings. The van der Waals surface area contributed by atoms with Crippen LogP contribution < -0.4 is 16.0 Å². The van der Waals surface area contributed by atoms with Crippen LogP contribution in [0.2, 0.25) is 0 Å². The van der Waals surface area contributed by atoms with Crippen molar-refractivity contribution in [2.24, 2.45) is 0 Å². The van der Waals surface area contributed by atoms with Crippen molar-refractivity contribution in [1.82, 2.24) is 9.13 Å². The van der Waals surface area contributed by atoms with Crippen molar-refractivity contribution < 1.29 is 27.8 Å². The SMILES string of the molecule is CC#Cc1sc2c(c1C)c(=O)n(CP(=O)(OCC)OCC)c(=O)n2C[C@H](OC1CCOCC1)c1ccccc1OC. The van der Waals surface area contributed by atoms with Crippen molar-refractivity contribution in [2.75, 3.05) is 33.5 Å². The second-order valence-corrected chi connectivity index (χ2v) is 12.5. The normalized spacial score (nSPS) is 15.0. The van der Waals surface area contributed by atoms with E-state index in [1.165, 1.54) is 15.9 Å². The molecule has 41 heavy (non-hydrogen) atoms. The lowest BCUT2D eigenvalue weighted by Crippen LogP contribution is -2.41. The van der Waals surface area contributed by atoms with E-state index in [-0.39, 0.29) is 25.9 Å². The van der Waals surface area contributed by atoms with Crippen molar-refractivity contribution in [3.05, 3.63) is 61.1 Å². The molecule has 0 N–H and O–H groups in total. The molecule has 4 rings (SSSR count). The summed E-state index contributed by atoms with van der Waals surface area (Å²) in [5, 5.41) is 0.344. The Labute approximate surface area is 243 Å². The minimum Gasteiger partial charge on any atom is -0.496 e. The topological polar surface area (TPSA) is 107 Å². The van der Waals surface area contributed by atoms with Gasteiger partial charge in [-0.15, -0.1) is 17.3 Å². The van der Waals surface area contributed by atoms with Crippen molar-refractivity contribution in [2.45, 2.75) is 65.6 Å². The van der Waals surface area contributed by atoms with Gasteiger partial charge in [0.2, 0.25) is 0 Å². The molecule has 0 aliphatic carbocycles. The van der Waals surface area contributed by atoms with Crippen LogP contribution in [0.1, 0.15) is 55.7 Å². The number of aromatic nitrogens is 2. The van der Waals surface area contributed by atoms with Gasteiger partial charge in [-0.25, -0.2) is 9.36 Å². The van der Waals surface area contributed by atoms with Gasteiger partial charge in [-0.2, -0.15) is 0 Å². The van der Waals surface area contributed by atoms with Gasteiger partial charge in [0.25, 0.3) is 5.56 Å². The molecule has 0 bridgehead atoms. The highest BCUT2D eigenvalue weighted by Crippen LogP contribution is 2.49. The molecule has 1 aliphatic heterocycles. The Morgan fingerprint density at radius 3 is 2.44 bits per heavy atom. The van der Waals surface area contributed by atoms with Gasteiger partial charge in [-0.3, -0.25) is 13.9 Å². The third-order valence-electron chi connectivity index (χ3n) is 6.86. The first-order valence-electron chi connectivity index (χ1n) is 13.7. The maximum Gasteiger partial charge on any atom is 0.350 e. The molecule has 2 aromatic heterocycles. The summed E-state index contributed by atoms with van der Waals surface area (Å²) in [7, 11) is -2.20. The number of hydrogen-bond acceptors (Lipinski definition) is 9. The molecule has 12 heteroatoms. The van der Waals surface area contributed by atoms with E-state index in [2.05, 4.69) is 11.8 Å². The molecule has 10 nitrogen and oxygen atoms in total. The van der Waals surface area contributed by atoms with Crippen LogP contribution >= 0.6 is 18.9 Å². The minimum atomic E-state index is -3.79. The number of nitrogens with zero attached hydrogens (tertiary/aromatic N) is 2. The largest absolute Gasteiger partial charge is 0.496 e. The van der Waals surface area contributed by atoms with E-state index in [0.717, 1.165) is 23.0 Å². The maximum absolute atomic E-state index is 14.1. The quantitative estimate of drug-likeness (QED) is 0.208. The standard InChI is InChI=1S/C29H37N2O8PS/c1-6-11-25-20(4)26-27(32)31(19-40(34,37-7-2)38-8-3)29(33)30(28(26)41-25)18-24(39-21-14-16-36-17-15-21)22-12-9-10-13-23(22)35-5/h9-10,12-13,21,24H,7-8,14-19H2,1-5H3/t24-/m0/s1. The summed E-state index contributed by atoms with van der Waals surface area (Å²) in [6, 6.07) is 7.52. The average Bonchev–Trinajstić information content (AvgIpc) is 3.29. The first-order chi connectivity index (χ1) is 19.8. The second-order valence-electron chi connectivity index (χ2n) is 9.50. The molecular formula is C29H37N2O8PS. The lowest BCUT2D eigenvalue weighted by molar-refractivity contribution is -0.0753. The predicted octanol–water partition coefficient (Wildman–Crippen LogP) is 5.07. The molecule has 0 unspecified atom stereocenters. The highest BCUT2D eigenvalue weighted by atomic mass is 32.1. The minimum absolute atomic E-state index is 0.0832. The van der Waals surface area contributed by atoms with Gasteiger partial charge in [-0.05, 0) is 52.2 Å². The molecule has 0 saturated carbocycles. The third kappa shape index (κ3) is 6.86. The molecule has 1 aromatic carbocycles. The van der Waals surface area contributed by atoms with E-state index < -0.39 is 31.2 Å². The zero-order valence-corrected chi connectivity index (χ0v) is 25.8. The summed E-state index contributed by atoms with van der Waals surface area (Å²) >= 11 is 1.28. The van der Waals surface area contributed by atoms with E-state index >= 15 is 0 Å². The summed E-state index contributed by atoms with van der Waals surface area (Å²) < 4.78 is 44.7. The highest BCUT2D eigenvalue weighted by molar-refractivity contribution is 7.52. The summed E-state index contributed by atoms with van der Waals surface area (Å²) in [6.07, 6.45) is 0.256. The van der Waals surface area contributed by atoms with Crippen LogP contribution in [0, 0.1) is 18.8 Å². The molecule has 1 saturated heterocycles. The van der Waals surface area contributed by atoms with E-state index in [1.807, 2.05) is 24.3 Å². The fraction of sp³-hybridized carbons (Fsp3) is 0.517. The lowest BCUT2D eigenvalue weighted by atomic mass is 10.1. The fourth-order valence-corrected chi connectivity index (χ4v) is 7.78. The third-order valence-corrected chi connectivity index (χ3v) is 10.0. The van der Waals surface area contributed by atoms with Gasteiger partial charge in [0.15, 0.2) is 0 Å². The van der Waals surface area contributed by atoms with Crippen LogP contribution in [0.5, 0.6) is 5.75 Å². The molecule has 0 spiro atoms. The molecular weight excluding hydrogens is 567 g/mol. The molecule has 0 radical (unpaired) electrons. The maximum atomic E-state index is 14.1. The number of fused-ring (bicyclic) bond motifs is 1. The van der Waals surface area contributed by atoms with Crippen molar-refractivity contribution in [3.8, 4) is 17.6 Å². The van der Waals surface area contributed by atoms with Crippen molar-refractivity contribution >= 4 is 29.1 Å². The van der Waals surface area contributed by atoms with Crippen LogP contribution in [-0.2, 0) is 35.9 Å². The van der Waals surface area contributed by atoms with Gasteiger partial charge in [-0.1, -0.05) is 24.1 Å². The lowest BCUT2D eigenvalue weighted by Gasteiger charge is -2.29. The predicted molar refractivity (Wildman–Crippen MR) is 159 cm³/mol.